The molecule has 3 aromatic rings. The Morgan fingerprint density at radius 2 is 1.96 bits per heavy atom. The van der Waals surface area contributed by atoms with Crippen molar-refractivity contribution in [3.05, 3.63) is 29.5 Å². The van der Waals surface area contributed by atoms with Crippen LogP contribution in [-0.4, -0.2) is 20.7 Å². The average Bonchev–Trinajstić information content (AvgIpc) is 2.79. The predicted molar refractivity (Wildman–Crippen MR) is 69.8 cm³/mol. The fraction of sp³-hybridized carbons (Fsp3) is 0.154. The number of nitrogen functional groups attached to an aromatic ring is 1. The summed E-state index contributed by atoms with van der Waals surface area (Å²) in [5.74, 6) is -1.90. The Bertz CT molecular complexity index is 936. The molecule has 0 spiro atoms. The third kappa shape index (κ3) is 2.62. The fourth-order valence-corrected chi connectivity index (χ4v) is 2.41. The number of carboxylic acids is 1. The van der Waals surface area contributed by atoms with Crippen LogP contribution in [-0.2, 0) is 13.2 Å². The summed E-state index contributed by atoms with van der Waals surface area (Å²) >= 11 is 0. The van der Waals surface area contributed by atoms with Gasteiger partial charge in [0.2, 0.25) is 0 Å². The third-order valence-electron chi connectivity index (χ3n) is 3.37. The molecule has 0 atom stereocenters. The topological polar surface area (TPSA) is 96.9 Å². The Labute approximate surface area is 139 Å². The first kappa shape index (κ1) is 17.1. The van der Waals surface area contributed by atoms with Crippen molar-refractivity contribution >= 4 is 33.6 Å². The standard InChI is InChI=1S/C13H9F3N4O2.Li/c1-20-10-6-2-5(12(21)22)8(13(14,15)16)3-9(6)19-11(17)7(10)4-18-20;/h2-4H,1H3,(H2,17,19)(H,21,22);/q;+1/p-1. The van der Waals surface area contributed by atoms with Gasteiger partial charge in [-0.25, -0.2) is 4.98 Å². The van der Waals surface area contributed by atoms with Gasteiger partial charge >= 0.3 is 25.0 Å². The first-order chi connectivity index (χ1) is 10.2. The van der Waals surface area contributed by atoms with E-state index in [0.29, 0.717) is 17.0 Å². The zero-order valence-corrected chi connectivity index (χ0v) is 12.1. The van der Waals surface area contributed by atoms with Crippen LogP contribution in [0.2, 0.25) is 0 Å². The average molecular weight is 316 g/mol. The zero-order chi connectivity index (χ0) is 16.2. The molecule has 2 N–H and O–H groups in total. The van der Waals surface area contributed by atoms with Crippen LogP contribution < -0.4 is 29.7 Å². The Morgan fingerprint density at radius 1 is 1.30 bits per heavy atom. The molecule has 23 heavy (non-hydrogen) atoms. The molecule has 0 radical (unpaired) electrons. The van der Waals surface area contributed by atoms with Gasteiger partial charge in [0.15, 0.2) is 0 Å². The van der Waals surface area contributed by atoms with Crippen molar-refractivity contribution in [1.82, 2.24) is 14.8 Å². The van der Waals surface area contributed by atoms with Gasteiger partial charge in [0.05, 0.1) is 34.1 Å². The number of halogens is 3. The number of rotatable bonds is 1. The van der Waals surface area contributed by atoms with Gasteiger partial charge < -0.3 is 15.6 Å². The van der Waals surface area contributed by atoms with E-state index in [1.807, 2.05) is 0 Å². The van der Waals surface area contributed by atoms with Gasteiger partial charge in [-0.3, -0.25) is 4.68 Å². The Hall–Kier alpha value is -2.24. The number of aromatic carboxylic acids is 1. The molecule has 3 rings (SSSR count). The zero-order valence-electron chi connectivity index (χ0n) is 12.1. The normalized spacial score (nSPS) is 11.7. The molecule has 0 aliphatic rings. The number of nitrogens with zero attached hydrogens (tertiary/aromatic N) is 3. The van der Waals surface area contributed by atoms with Crippen molar-refractivity contribution in [2.24, 2.45) is 7.05 Å². The van der Waals surface area contributed by atoms with Crippen LogP contribution >= 0.6 is 0 Å². The van der Waals surface area contributed by atoms with E-state index in [9.17, 15) is 23.1 Å². The summed E-state index contributed by atoms with van der Waals surface area (Å²) < 4.78 is 40.4. The van der Waals surface area contributed by atoms with Crippen LogP contribution in [0.5, 0.6) is 0 Å². The van der Waals surface area contributed by atoms with Crippen LogP contribution in [0.25, 0.3) is 21.8 Å². The number of aryl methyl sites for hydroxylation is 1. The summed E-state index contributed by atoms with van der Waals surface area (Å²) in [5.41, 5.74) is 3.78. The molecule has 0 bridgehead atoms. The number of aromatic nitrogens is 3. The summed E-state index contributed by atoms with van der Waals surface area (Å²) in [4.78, 5) is 15.0. The van der Waals surface area contributed by atoms with Crippen molar-refractivity contribution in [3.8, 4) is 0 Å². The molecule has 0 unspecified atom stereocenters. The molecule has 0 fully saturated rings. The molecular formula is C13H8F3LiN4O2. The number of carbonyl (C=O) groups is 1. The maximum atomic E-state index is 13.0. The molecule has 0 aliphatic heterocycles. The number of fused-ring (bicyclic) bond motifs is 3. The Morgan fingerprint density at radius 3 is 2.52 bits per heavy atom. The van der Waals surface area contributed by atoms with Gasteiger partial charge in [-0.1, -0.05) is 0 Å². The van der Waals surface area contributed by atoms with E-state index in [0.717, 1.165) is 6.07 Å². The van der Waals surface area contributed by atoms with E-state index in [1.54, 1.807) is 7.05 Å². The number of pyridine rings is 1. The van der Waals surface area contributed by atoms with Gasteiger partial charge in [0.25, 0.3) is 0 Å². The molecule has 6 nitrogen and oxygen atoms in total. The van der Waals surface area contributed by atoms with E-state index in [4.69, 9.17) is 5.73 Å². The minimum absolute atomic E-state index is 0. The maximum absolute atomic E-state index is 13.0. The van der Waals surface area contributed by atoms with E-state index in [2.05, 4.69) is 10.1 Å². The van der Waals surface area contributed by atoms with Crippen LogP contribution in [0.4, 0.5) is 19.0 Å². The van der Waals surface area contributed by atoms with E-state index in [1.165, 1.54) is 10.9 Å². The van der Waals surface area contributed by atoms with Crippen LogP contribution in [0, 0.1) is 0 Å². The summed E-state index contributed by atoms with van der Waals surface area (Å²) in [6.45, 7) is 0. The molecule has 0 amide bonds. The van der Waals surface area contributed by atoms with Crippen molar-refractivity contribution in [2.45, 2.75) is 6.18 Å². The first-order valence-corrected chi connectivity index (χ1v) is 6.03. The van der Waals surface area contributed by atoms with Crippen molar-refractivity contribution < 1.29 is 41.9 Å². The number of carboxylic acid groups (broad SMARTS) is 1. The number of hydrogen-bond donors (Lipinski definition) is 1. The number of alkyl halides is 3. The third-order valence-corrected chi connectivity index (χ3v) is 3.37. The molecule has 114 valence electrons. The molecule has 10 heteroatoms. The summed E-state index contributed by atoms with van der Waals surface area (Å²) in [6.07, 6.45) is -3.44. The maximum Gasteiger partial charge on any atom is 1.00 e. The fourth-order valence-electron chi connectivity index (χ4n) is 2.41. The van der Waals surface area contributed by atoms with E-state index < -0.39 is 23.3 Å². The molecule has 0 saturated heterocycles. The minimum atomic E-state index is -4.85. The molecule has 2 heterocycles. The van der Waals surface area contributed by atoms with Crippen molar-refractivity contribution in [2.75, 3.05) is 5.73 Å². The summed E-state index contributed by atoms with van der Waals surface area (Å²) in [6, 6.07) is 1.55. The number of nitrogens with two attached hydrogens (primary N) is 1. The minimum Gasteiger partial charge on any atom is -0.545 e. The van der Waals surface area contributed by atoms with Crippen LogP contribution in [0.1, 0.15) is 15.9 Å². The summed E-state index contributed by atoms with van der Waals surface area (Å²) in [5, 5.41) is 15.7. The van der Waals surface area contributed by atoms with Gasteiger partial charge in [-0.15, -0.1) is 0 Å². The SMILES string of the molecule is Cn1ncc2c(N)nc3cc(C(F)(F)F)c(C(=O)[O-])cc3c21.[Li+]. The second-order valence-electron chi connectivity index (χ2n) is 4.73. The predicted octanol–water partition coefficient (Wildman–Crippen LogP) is -1.91. The largest absolute Gasteiger partial charge is 1.00 e. The van der Waals surface area contributed by atoms with E-state index >= 15 is 0 Å². The van der Waals surface area contributed by atoms with Gasteiger partial charge in [0, 0.05) is 18.0 Å². The van der Waals surface area contributed by atoms with Gasteiger partial charge in [-0.2, -0.15) is 18.3 Å². The van der Waals surface area contributed by atoms with Crippen molar-refractivity contribution in [1.29, 1.82) is 0 Å². The quantitative estimate of drug-likeness (QED) is 0.529. The van der Waals surface area contributed by atoms with Crippen molar-refractivity contribution in [3.63, 3.8) is 0 Å². The molecule has 1 aromatic carbocycles. The molecule has 0 aliphatic carbocycles. The molecule has 2 aromatic heterocycles. The number of hydrogen-bond acceptors (Lipinski definition) is 5. The van der Waals surface area contributed by atoms with Gasteiger partial charge in [0.1, 0.15) is 5.82 Å². The van der Waals surface area contributed by atoms with Gasteiger partial charge in [-0.05, 0) is 12.1 Å². The number of anilines is 1. The second-order valence-corrected chi connectivity index (χ2v) is 4.73. The molecule has 0 saturated carbocycles. The Balaban J connectivity index is 0.00000192. The smallest absolute Gasteiger partial charge is 0.545 e. The van der Waals surface area contributed by atoms with E-state index in [-0.39, 0.29) is 35.6 Å². The molecular weight excluding hydrogens is 308 g/mol. The van der Waals surface area contributed by atoms with Crippen LogP contribution in [0.15, 0.2) is 18.3 Å². The Kier molecular flexibility index (Phi) is 4.05. The first-order valence-electron chi connectivity index (χ1n) is 6.03. The summed E-state index contributed by atoms with van der Waals surface area (Å²) in [7, 11) is 1.57. The monoisotopic (exact) mass is 316 g/mol. The number of benzene rings is 1. The second kappa shape index (κ2) is 5.44. The van der Waals surface area contributed by atoms with Crippen LogP contribution in [0.3, 0.4) is 0 Å². The number of carbonyl (C=O) groups excluding carboxylic acids is 1.